The van der Waals surface area contributed by atoms with Crippen molar-refractivity contribution in [1.82, 2.24) is 4.90 Å². The van der Waals surface area contributed by atoms with E-state index in [0.717, 1.165) is 0 Å². The van der Waals surface area contributed by atoms with E-state index in [0.29, 0.717) is 35.5 Å². The van der Waals surface area contributed by atoms with Crippen molar-refractivity contribution in [3.63, 3.8) is 0 Å². The molecule has 1 unspecified atom stereocenters. The second-order valence-electron chi connectivity index (χ2n) is 6.19. The van der Waals surface area contributed by atoms with Crippen LogP contribution in [0.1, 0.15) is 53.0 Å². The first-order valence-electron chi connectivity index (χ1n) is 8.90. The third kappa shape index (κ3) is 4.94. The maximum atomic E-state index is 12.4. The van der Waals surface area contributed by atoms with Crippen LogP contribution in [0.15, 0.2) is 48.5 Å². The maximum Gasteiger partial charge on any atom is 0.310 e. The second-order valence-corrected chi connectivity index (χ2v) is 6.19. The van der Waals surface area contributed by atoms with Gasteiger partial charge in [-0.3, -0.25) is 14.4 Å². The van der Waals surface area contributed by atoms with Crippen LogP contribution in [0.3, 0.4) is 0 Å². The van der Waals surface area contributed by atoms with Gasteiger partial charge in [-0.05, 0) is 62.7 Å². The zero-order valence-corrected chi connectivity index (χ0v) is 15.7. The molecule has 27 heavy (non-hydrogen) atoms. The molecule has 0 aliphatic rings. The van der Waals surface area contributed by atoms with E-state index < -0.39 is 11.9 Å². The fourth-order valence-electron chi connectivity index (χ4n) is 2.69. The van der Waals surface area contributed by atoms with Crippen LogP contribution in [0.4, 0.5) is 5.69 Å². The third-order valence-corrected chi connectivity index (χ3v) is 4.46. The van der Waals surface area contributed by atoms with Crippen molar-refractivity contribution in [3.8, 4) is 0 Å². The lowest BCUT2D eigenvalue weighted by Gasteiger charge is -2.18. The van der Waals surface area contributed by atoms with Crippen LogP contribution in [0.2, 0.25) is 0 Å². The fourth-order valence-corrected chi connectivity index (χ4v) is 2.69. The van der Waals surface area contributed by atoms with Gasteiger partial charge in [0.15, 0.2) is 0 Å². The Bertz CT molecular complexity index is 826. The highest BCUT2D eigenvalue weighted by Gasteiger charge is 2.15. The van der Waals surface area contributed by atoms with Crippen molar-refractivity contribution in [2.45, 2.75) is 26.7 Å². The molecule has 2 N–H and O–H groups in total. The molecule has 0 heterocycles. The normalized spacial score (nSPS) is 11.5. The highest BCUT2D eigenvalue weighted by molar-refractivity contribution is 6.05. The van der Waals surface area contributed by atoms with E-state index in [1.807, 2.05) is 13.8 Å². The third-order valence-electron chi connectivity index (χ3n) is 4.46. The van der Waals surface area contributed by atoms with Crippen LogP contribution in [0.5, 0.6) is 0 Å². The van der Waals surface area contributed by atoms with Gasteiger partial charge in [-0.1, -0.05) is 12.1 Å². The molecule has 0 saturated heterocycles. The average Bonchev–Trinajstić information content (AvgIpc) is 2.68. The minimum absolute atomic E-state index is 0.0673. The number of amides is 2. The minimum atomic E-state index is -0.924. The van der Waals surface area contributed by atoms with Crippen molar-refractivity contribution in [2.75, 3.05) is 18.4 Å². The molecule has 142 valence electrons. The lowest BCUT2D eigenvalue weighted by molar-refractivity contribution is -0.138. The number of carbonyl (C=O) groups excluding carboxylic acids is 2. The summed E-state index contributed by atoms with van der Waals surface area (Å²) in [6, 6.07) is 13.3. The van der Waals surface area contributed by atoms with Gasteiger partial charge in [0.05, 0.1) is 5.92 Å². The van der Waals surface area contributed by atoms with Gasteiger partial charge in [0.25, 0.3) is 11.8 Å². The van der Waals surface area contributed by atoms with Crippen LogP contribution >= 0.6 is 0 Å². The number of benzene rings is 2. The molecule has 0 aliphatic heterocycles. The zero-order chi connectivity index (χ0) is 20.0. The molecule has 0 saturated carbocycles. The molecule has 2 amide bonds. The average molecular weight is 368 g/mol. The summed E-state index contributed by atoms with van der Waals surface area (Å²) in [5.74, 6) is -1.97. The first kappa shape index (κ1) is 20.2. The molecular weight excluding hydrogens is 344 g/mol. The molecule has 0 aliphatic carbocycles. The van der Waals surface area contributed by atoms with Gasteiger partial charge in [0.1, 0.15) is 0 Å². The van der Waals surface area contributed by atoms with Crippen molar-refractivity contribution >= 4 is 23.5 Å². The number of carboxylic acids is 1. The van der Waals surface area contributed by atoms with Crippen molar-refractivity contribution in [3.05, 3.63) is 65.2 Å². The summed E-state index contributed by atoms with van der Waals surface area (Å²) in [4.78, 5) is 37.6. The Morgan fingerprint density at radius 3 is 2.15 bits per heavy atom. The molecule has 0 bridgehead atoms. The highest BCUT2D eigenvalue weighted by atomic mass is 16.4. The van der Waals surface area contributed by atoms with E-state index in [2.05, 4.69) is 5.32 Å². The van der Waals surface area contributed by atoms with E-state index in [1.54, 1.807) is 60.4 Å². The molecule has 2 aromatic carbocycles. The molecule has 0 aromatic heterocycles. The number of aliphatic carboxylic acids is 1. The molecule has 0 fully saturated rings. The van der Waals surface area contributed by atoms with Gasteiger partial charge in [0.2, 0.25) is 0 Å². The quantitative estimate of drug-likeness (QED) is 0.782. The summed E-state index contributed by atoms with van der Waals surface area (Å²) in [6.07, 6.45) is 0. The van der Waals surface area contributed by atoms with Crippen LogP contribution in [-0.4, -0.2) is 40.9 Å². The van der Waals surface area contributed by atoms with E-state index in [4.69, 9.17) is 5.11 Å². The number of nitrogens with one attached hydrogen (secondary N) is 1. The van der Waals surface area contributed by atoms with Crippen LogP contribution < -0.4 is 5.32 Å². The molecule has 0 spiro atoms. The van der Waals surface area contributed by atoms with Gasteiger partial charge in [0, 0.05) is 29.9 Å². The van der Waals surface area contributed by atoms with Crippen LogP contribution in [0.25, 0.3) is 0 Å². The Hall–Kier alpha value is -3.15. The summed E-state index contributed by atoms with van der Waals surface area (Å²) < 4.78 is 0. The molecule has 0 radical (unpaired) electrons. The van der Waals surface area contributed by atoms with Crippen molar-refractivity contribution < 1.29 is 19.5 Å². The van der Waals surface area contributed by atoms with E-state index in [-0.39, 0.29) is 11.8 Å². The van der Waals surface area contributed by atoms with E-state index in [9.17, 15) is 14.4 Å². The van der Waals surface area contributed by atoms with E-state index in [1.165, 1.54) is 0 Å². The molecule has 6 heteroatoms. The van der Waals surface area contributed by atoms with Gasteiger partial charge in [-0.15, -0.1) is 0 Å². The van der Waals surface area contributed by atoms with Gasteiger partial charge in [-0.2, -0.15) is 0 Å². The molecule has 2 rings (SSSR count). The second kappa shape index (κ2) is 8.98. The SMILES string of the molecule is CCN(CC)C(=O)c1ccc(C(=O)Nc2cccc(C(C)C(=O)O)c2)cc1. The standard InChI is InChI=1S/C21H24N2O4/c1-4-23(5-2)20(25)16-11-9-15(10-12-16)19(24)22-18-8-6-7-17(13-18)14(3)21(26)27/h6-14H,4-5H2,1-3H3,(H,22,24)(H,26,27). The number of hydrogen-bond acceptors (Lipinski definition) is 3. The Labute approximate surface area is 158 Å². The predicted molar refractivity (Wildman–Crippen MR) is 104 cm³/mol. The summed E-state index contributed by atoms with van der Waals surface area (Å²) in [5, 5.41) is 11.9. The van der Waals surface area contributed by atoms with Crippen LogP contribution in [-0.2, 0) is 4.79 Å². The Kier molecular flexibility index (Phi) is 6.71. The molecular formula is C21H24N2O4. The Morgan fingerprint density at radius 1 is 1.00 bits per heavy atom. The van der Waals surface area contributed by atoms with Crippen molar-refractivity contribution in [1.29, 1.82) is 0 Å². The monoisotopic (exact) mass is 368 g/mol. The summed E-state index contributed by atoms with van der Waals surface area (Å²) in [5.41, 5.74) is 2.09. The number of carboxylic acid groups (broad SMARTS) is 1. The van der Waals surface area contributed by atoms with Crippen LogP contribution in [0, 0.1) is 0 Å². The number of carbonyl (C=O) groups is 3. The largest absolute Gasteiger partial charge is 0.481 e. The molecule has 6 nitrogen and oxygen atoms in total. The summed E-state index contributed by atoms with van der Waals surface area (Å²) in [7, 11) is 0. The lowest BCUT2D eigenvalue weighted by atomic mass is 10.0. The maximum absolute atomic E-state index is 12.4. The number of hydrogen-bond donors (Lipinski definition) is 2. The number of anilines is 1. The first-order chi connectivity index (χ1) is 12.9. The Balaban J connectivity index is 2.12. The van der Waals surface area contributed by atoms with Gasteiger partial charge >= 0.3 is 5.97 Å². The highest BCUT2D eigenvalue weighted by Crippen LogP contribution is 2.20. The van der Waals surface area contributed by atoms with Crippen molar-refractivity contribution in [2.24, 2.45) is 0 Å². The minimum Gasteiger partial charge on any atom is -0.481 e. The smallest absolute Gasteiger partial charge is 0.310 e. The van der Waals surface area contributed by atoms with Gasteiger partial charge in [-0.25, -0.2) is 0 Å². The Morgan fingerprint density at radius 2 is 1.59 bits per heavy atom. The topological polar surface area (TPSA) is 86.7 Å². The summed E-state index contributed by atoms with van der Waals surface area (Å²) in [6.45, 7) is 6.69. The number of rotatable bonds is 7. The predicted octanol–water partition coefficient (Wildman–Crippen LogP) is 3.61. The lowest BCUT2D eigenvalue weighted by Crippen LogP contribution is -2.30. The zero-order valence-electron chi connectivity index (χ0n) is 15.7. The van der Waals surface area contributed by atoms with Gasteiger partial charge < -0.3 is 15.3 Å². The summed E-state index contributed by atoms with van der Waals surface area (Å²) >= 11 is 0. The molecule has 1 atom stereocenters. The fraction of sp³-hybridized carbons (Fsp3) is 0.286. The molecule has 2 aromatic rings. The number of nitrogens with zero attached hydrogens (tertiary/aromatic N) is 1. The first-order valence-corrected chi connectivity index (χ1v) is 8.90. The van der Waals surface area contributed by atoms with E-state index >= 15 is 0 Å².